The third kappa shape index (κ3) is 1.68. The number of anilines is 1. The number of nitrogens with two attached hydrogens (primary N) is 1. The highest BCUT2D eigenvalue weighted by Gasteiger charge is 2.09. The zero-order chi connectivity index (χ0) is 11.0. The first-order valence-electron chi connectivity index (χ1n) is 4.51. The number of nitrogens with zero attached hydrogens (tertiary/aromatic N) is 3. The summed E-state index contributed by atoms with van der Waals surface area (Å²) in [7, 11) is 0. The van der Waals surface area contributed by atoms with E-state index >= 15 is 0 Å². The molecule has 2 heterocycles. The van der Waals surface area contributed by atoms with Gasteiger partial charge in [0.2, 0.25) is 0 Å². The lowest BCUT2D eigenvalue weighted by molar-refractivity contribution is 0.951. The number of halogens is 1. The first kappa shape index (κ1) is 9.98. The molecule has 15 heavy (non-hydrogen) atoms. The molecule has 2 N–H and O–H groups in total. The van der Waals surface area contributed by atoms with Gasteiger partial charge in [-0.25, -0.2) is 9.97 Å². The summed E-state index contributed by atoms with van der Waals surface area (Å²) in [6, 6.07) is 1.68. The Balaban J connectivity index is 2.59. The van der Waals surface area contributed by atoms with Crippen molar-refractivity contribution in [3.63, 3.8) is 0 Å². The van der Waals surface area contributed by atoms with Gasteiger partial charge in [0, 0.05) is 5.69 Å². The lowest BCUT2D eigenvalue weighted by atomic mass is 10.3. The van der Waals surface area contributed by atoms with Crippen molar-refractivity contribution in [3.8, 4) is 5.82 Å². The van der Waals surface area contributed by atoms with Crippen LogP contribution in [0.4, 0.5) is 5.69 Å². The van der Waals surface area contributed by atoms with E-state index < -0.39 is 0 Å². The fourth-order valence-electron chi connectivity index (χ4n) is 1.33. The number of aromatic nitrogens is 3. The van der Waals surface area contributed by atoms with Crippen molar-refractivity contribution in [2.24, 2.45) is 0 Å². The molecule has 0 aromatic carbocycles. The highest BCUT2D eigenvalue weighted by molar-refractivity contribution is 6.32. The fraction of sp³-hybridized carbons (Fsp3) is 0.200. The van der Waals surface area contributed by atoms with Gasteiger partial charge in [0.1, 0.15) is 6.33 Å². The molecule has 4 nitrogen and oxygen atoms in total. The molecule has 0 saturated heterocycles. The maximum absolute atomic E-state index is 6.05. The minimum absolute atomic E-state index is 0.524. The predicted molar refractivity (Wildman–Crippen MR) is 60.3 cm³/mol. The molecule has 0 saturated carbocycles. The zero-order valence-electron chi connectivity index (χ0n) is 8.53. The van der Waals surface area contributed by atoms with Crippen LogP contribution in [0.3, 0.4) is 0 Å². The SMILES string of the molecule is Cc1ncn(-c2ncc(N)cc2Cl)c1C. The van der Waals surface area contributed by atoms with Gasteiger partial charge in [-0.05, 0) is 19.9 Å². The van der Waals surface area contributed by atoms with E-state index in [1.165, 1.54) is 0 Å². The lowest BCUT2D eigenvalue weighted by Crippen LogP contribution is -2.00. The molecule has 0 bridgehead atoms. The van der Waals surface area contributed by atoms with Crippen LogP contribution >= 0.6 is 11.6 Å². The van der Waals surface area contributed by atoms with Crippen LogP contribution in [0.1, 0.15) is 11.4 Å². The Morgan fingerprint density at radius 2 is 2.07 bits per heavy atom. The van der Waals surface area contributed by atoms with Gasteiger partial charge in [0.15, 0.2) is 5.82 Å². The first-order chi connectivity index (χ1) is 7.09. The minimum atomic E-state index is 0.524. The Bertz CT molecular complexity index is 504. The van der Waals surface area contributed by atoms with Crippen LogP contribution in [0, 0.1) is 13.8 Å². The monoisotopic (exact) mass is 222 g/mol. The van der Waals surface area contributed by atoms with Crippen LogP contribution in [0.25, 0.3) is 5.82 Å². The van der Waals surface area contributed by atoms with Gasteiger partial charge in [-0.2, -0.15) is 0 Å². The molecule has 2 aromatic rings. The van der Waals surface area contributed by atoms with E-state index in [4.69, 9.17) is 17.3 Å². The number of aryl methyl sites for hydroxylation is 1. The second-order valence-electron chi connectivity index (χ2n) is 3.36. The second-order valence-corrected chi connectivity index (χ2v) is 3.77. The Morgan fingerprint density at radius 1 is 1.33 bits per heavy atom. The normalized spacial score (nSPS) is 10.6. The van der Waals surface area contributed by atoms with Crippen molar-refractivity contribution < 1.29 is 0 Å². The summed E-state index contributed by atoms with van der Waals surface area (Å²) >= 11 is 6.05. The van der Waals surface area contributed by atoms with E-state index in [-0.39, 0.29) is 0 Å². The van der Waals surface area contributed by atoms with E-state index in [0.717, 1.165) is 11.4 Å². The third-order valence-corrected chi connectivity index (χ3v) is 2.60. The molecule has 0 amide bonds. The molecule has 0 aliphatic heterocycles. The third-order valence-electron chi connectivity index (χ3n) is 2.32. The highest BCUT2D eigenvalue weighted by Crippen LogP contribution is 2.22. The van der Waals surface area contributed by atoms with Gasteiger partial charge in [-0.3, -0.25) is 4.57 Å². The molecule has 5 heteroatoms. The molecule has 0 aliphatic carbocycles. The van der Waals surface area contributed by atoms with Crippen LogP contribution in [-0.2, 0) is 0 Å². The van der Waals surface area contributed by atoms with Crippen molar-refractivity contribution >= 4 is 17.3 Å². The molecular formula is C10H11ClN4. The Kier molecular flexibility index (Phi) is 2.36. The van der Waals surface area contributed by atoms with Crippen LogP contribution in [-0.4, -0.2) is 14.5 Å². The lowest BCUT2D eigenvalue weighted by Gasteiger charge is -2.06. The molecule has 0 radical (unpaired) electrons. The van der Waals surface area contributed by atoms with Crippen molar-refractivity contribution in [1.82, 2.24) is 14.5 Å². The molecule has 2 aromatic heterocycles. The Labute approximate surface area is 92.7 Å². The molecule has 2 rings (SSSR count). The first-order valence-corrected chi connectivity index (χ1v) is 4.89. The topological polar surface area (TPSA) is 56.7 Å². The van der Waals surface area contributed by atoms with Gasteiger partial charge in [0.25, 0.3) is 0 Å². The van der Waals surface area contributed by atoms with Crippen molar-refractivity contribution in [2.45, 2.75) is 13.8 Å². The van der Waals surface area contributed by atoms with E-state index in [9.17, 15) is 0 Å². The number of imidazole rings is 1. The highest BCUT2D eigenvalue weighted by atomic mass is 35.5. The largest absolute Gasteiger partial charge is 0.397 e. The van der Waals surface area contributed by atoms with Crippen LogP contribution in [0.5, 0.6) is 0 Å². The van der Waals surface area contributed by atoms with Crippen LogP contribution < -0.4 is 5.73 Å². The summed E-state index contributed by atoms with van der Waals surface area (Å²) in [4.78, 5) is 8.38. The van der Waals surface area contributed by atoms with Crippen molar-refractivity contribution in [2.75, 3.05) is 5.73 Å². The van der Waals surface area contributed by atoms with Gasteiger partial charge in [-0.1, -0.05) is 11.6 Å². The number of hydrogen-bond donors (Lipinski definition) is 1. The van der Waals surface area contributed by atoms with E-state index in [2.05, 4.69) is 9.97 Å². The molecule has 0 aliphatic rings. The predicted octanol–water partition coefficient (Wildman–Crippen LogP) is 2.12. The molecule has 0 atom stereocenters. The van der Waals surface area contributed by atoms with E-state index in [0.29, 0.717) is 16.5 Å². The van der Waals surface area contributed by atoms with Gasteiger partial charge in [0.05, 0.1) is 22.6 Å². The molecule has 78 valence electrons. The molecule has 0 spiro atoms. The second kappa shape index (κ2) is 3.55. The molecule has 0 unspecified atom stereocenters. The minimum Gasteiger partial charge on any atom is -0.397 e. The smallest absolute Gasteiger partial charge is 0.157 e. The number of rotatable bonds is 1. The summed E-state index contributed by atoms with van der Waals surface area (Å²) in [6.07, 6.45) is 3.28. The Morgan fingerprint density at radius 3 is 2.60 bits per heavy atom. The quantitative estimate of drug-likeness (QED) is 0.804. The molecule has 0 fully saturated rings. The van der Waals surface area contributed by atoms with Crippen molar-refractivity contribution in [3.05, 3.63) is 35.0 Å². The Hall–Kier alpha value is -1.55. The zero-order valence-corrected chi connectivity index (χ0v) is 9.28. The standard InChI is InChI=1S/C10H11ClN4/c1-6-7(2)15(5-14-6)10-9(11)3-8(12)4-13-10/h3-5H,12H2,1-2H3. The summed E-state index contributed by atoms with van der Waals surface area (Å²) in [6.45, 7) is 3.91. The number of hydrogen-bond acceptors (Lipinski definition) is 3. The van der Waals surface area contributed by atoms with E-state index in [1.54, 1.807) is 18.6 Å². The van der Waals surface area contributed by atoms with Crippen molar-refractivity contribution in [1.29, 1.82) is 0 Å². The summed E-state index contributed by atoms with van der Waals surface area (Å²) in [5.41, 5.74) is 8.12. The summed E-state index contributed by atoms with van der Waals surface area (Å²) in [5, 5.41) is 0.524. The summed E-state index contributed by atoms with van der Waals surface area (Å²) < 4.78 is 1.84. The average Bonchev–Trinajstić information content (AvgIpc) is 2.49. The summed E-state index contributed by atoms with van der Waals surface area (Å²) in [5.74, 6) is 0.656. The maximum Gasteiger partial charge on any atom is 0.157 e. The van der Waals surface area contributed by atoms with Crippen LogP contribution in [0.2, 0.25) is 5.02 Å². The van der Waals surface area contributed by atoms with Gasteiger partial charge in [-0.15, -0.1) is 0 Å². The molecular weight excluding hydrogens is 212 g/mol. The average molecular weight is 223 g/mol. The maximum atomic E-state index is 6.05. The number of pyridine rings is 1. The van der Waals surface area contributed by atoms with Gasteiger partial charge < -0.3 is 5.73 Å². The van der Waals surface area contributed by atoms with E-state index in [1.807, 2.05) is 18.4 Å². The number of nitrogen functional groups attached to an aromatic ring is 1. The fourth-order valence-corrected chi connectivity index (χ4v) is 1.60. The van der Waals surface area contributed by atoms with Gasteiger partial charge >= 0.3 is 0 Å². The van der Waals surface area contributed by atoms with Crippen LogP contribution in [0.15, 0.2) is 18.6 Å².